The van der Waals surface area contributed by atoms with E-state index in [0.717, 1.165) is 4.88 Å². The summed E-state index contributed by atoms with van der Waals surface area (Å²) in [6, 6.07) is 10.7. The van der Waals surface area contributed by atoms with Crippen molar-refractivity contribution in [2.75, 3.05) is 6.54 Å². The lowest BCUT2D eigenvalue weighted by Gasteiger charge is -2.05. The van der Waals surface area contributed by atoms with Gasteiger partial charge in [-0.05, 0) is 30.7 Å². The number of rotatable bonds is 6. The van der Waals surface area contributed by atoms with E-state index in [9.17, 15) is 14.4 Å². The highest BCUT2D eigenvalue weighted by molar-refractivity contribution is 7.14. The number of aromatic nitrogens is 2. The van der Waals surface area contributed by atoms with E-state index in [4.69, 9.17) is 0 Å². The van der Waals surface area contributed by atoms with Crippen LogP contribution in [0.2, 0.25) is 0 Å². The van der Waals surface area contributed by atoms with Crippen molar-refractivity contribution in [3.05, 3.63) is 62.8 Å². The van der Waals surface area contributed by atoms with Crippen molar-refractivity contribution in [2.24, 2.45) is 0 Å². The van der Waals surface area contributed by atoms with Gasteiger partial charge in [-0.2, -0.15) is 0 Å². The number of nitrogens with zero attached hydrogens (tertiary/aromatic N) is 2. The summed E-state index contributed by atoms with van der Waals surface area (Å²) in [6.45, 7) is 1.97. The minimum Gasteiger partial charge on any atom is -0.356 e. The number of ketones is 1. The van der Waals surface area contributed by atoms with Gasteiger partial charge in [0.25, 0.3) is 5.56 Å². The van der Waals surface area contributed by atoms with Crippen LogP contribution in [0, 0.1) is 0 Å². The van der Waals surface area contributed by atoms with Crippen LogP contribution >= 0.6 is 11.3 Å². The zero-order chi connectivity index (χ0) is 17.8. The first-order valence-electron chi connectivity index (χ1n) is 7.85. The summed E-state index contributed by atoms with van der Waals surface area (Å²) in [4.78, 5) is 41.6. The first-order valence-corrected chi connectivity index (χ1v) is 8.67. The summed E-state index contributed by atoms with van der Waals surface area (Å²) in [5.41, 5.74) is 0.397. The molecule has 0 atom stereocenters. The lowest BCUT2D eigenvalue weighted by molar-refractivity contribution is -0.118. The lowest BCUT2D eigenvalue weighted by atomic mass is 10.2. The van der Waals surface area contributed by atoms with Gasteiger partial charge in [-0.25, -0.2) is 4.98 Å². The van der Waals surface area contributed by atoms with Gasteiger partial charge in [0, 0.05) is 18.3 Å². The highest BCUT2D eigenvalue weighted by Gasteiger charge is 2.12. The number of fused-ring (bicyclic) bond motifs is 1. The molecule has 0 bridgehead atoms. The van der Waals surface area contributed by atoms with Gasteiger partial charge >= 0.3 is 0 Å². The molecular weight excluding hydrogens is 338 g/mol. The Balaban J connectivity index is 1.72. The van der Waals surface area contributed by atoms with Crippen LogP contribution in [0.25, 0.3) is 10.9 Å². The summed E-state index contributed by atoms with van der Waals surface area (Å²) in [6.07, 6.45) is 2.09. The Morgan fingerprint density at radius 1 is 1.20 bits per heavy atom. The van der Waals surface area contributed by atoms with E-state index in [1.807, 2.05) is 12.1 Å². The smallest absolute Gasteiger partial charge is 0.261 e. The van der Waals surface area contributed by atoms with Crippen LogP contribution in [0.4, 0.5) is 0 Å². The van der Waals surface area contributed by atoms with Crippen molar-refractivity contribution in [1.82, 2.24) is 14.9 Å². The number of benzene rings is 1. The Kier molecular flexibility index (Phi) is 5.04. The second kappa shape index (κ2) is 7.40. The molecule has 0 unspecified atom stereocenters. The number of hydrogen-bond donors (Lipinski definition) is 1. The molecule has 0 spiro atoms. The Morgan fingerprint density at radius 2 is 2.00 bits per heavy atom. The second-order valence-electron chi connectivity index (χ2n) is 5.62. The molecule has 2 heterocycles. The highest BCUT2D eigenvalue weighted by atomic mass is 32.1. The highest BCUT2D eigenvalue weighted by Crippen LogP contribution is 2.18. The normalized spacial score (nSPS) is 10.8. The van der Waals surface area contributed by atoms with Crippen molar-refractivity contribution in [3.8, 4) is 0 Å². The van der Waals surface area contributed by atoms with Crippen LogP contribution < -0.4 is 10.9 Å². The van der Waals surface area contributed by atoms with Gasteiger partial charge in [-0.3, -0.25) is 19.0 Å². The van der Waals surface area contributed by atoms with Crippen LogP contribution in [0.15, 0.2) is 47.5 Å². The average molecular weight is 355 g/mol. The van der Waals surface area contributed by atoms with Gasteiger partial charge in [0.2, 0.25) is 5.91 Å². The molecule has 0 saturated carbocycles. The molecule has 0 aliphatic carbocycles. The molecule has 7 heteroatoms. The summed E-state index contributed by atoms with van der Waals surface area (Å²) in [5, 5.41) is 3.23. The van der Waals surface area contributed by atoms with Crippen molar-refractivity contribution >= 4 is 33.9 Å². The maximum atomic E-state index is 12.5. The topological polar surface area (TPSA) is 81.1 Å². The molecule has 25 heavy (non-hydrogen) atoms. The van der Waals surface area contributed by atoms with Crippen molar-refractivity contribution < 1.29 is 9.59 Å². The number of carbonyl (C=O) groups is 2. The minimum atomic E-state index is -0.221. The SMILES string of the molecule is CC(=O)NCCc1ccc(C(=O)Cn2cnc3ccccc3c2=O)s1. The maximum absolute atomic E-state index is 12.5. The van der Waals surface area contributed by atoms with Crippen molar-refractivity contribution in [3.63, 3.8) is 0 Å². The molecule has 0 saturated heterocycles. The summed E-state index contributed by atoms with van der Waals surface area (Å²) in [5.74, 6) is -0.203. The van der Waals surface area contributed by atoms with E-state index >= 15 is 0 Å². The molecule has 0 aliphatic heterocycles. The second-order valence-corrected chi connectivity index (χ2v) is 6.79. The fourth-order valence-electron chi connectivity index (χ4n) is 2.48. The Labute approximate surface area is 148 Å². The number of thiophene rings is 1. The van der Waals surface area contributed by atoms with Gasteiger partial charge in [0.05, 0.1) is 28.7 Å². The molecule has 1 N–H and O–H groups in total. The van der Waals surface area contributed by atoms with E-state index in [-0.39, 0.29) is 23.8 Å². The van der Waals surface area contributed by atoms with Gasteiger partial charge in [0.15, 0.2) is 5.78 Å². The third-order valence-electron chi connectivity index (χ3n) is 3.73. The molecule has 1 amide bonds. The predicted molar refractivity (Wildman–Crippen MR) is 97.0 cm³/mol. The largest absolute Gasteiger partial charge is 0.356 e. The first-order chi connectivity index (χ1) is 12.0. The number of Topliss-reactive ketones (excluding diaryl/α,β-unsaturated/α-hetero) is 1. The summed E-state index contributed by atoms with van der Waals surface area (Å²) >= 11 is 1.38. The number of nitrogens with one attached hydrogen (secondary N) is 1. The Bertz CT molecular complexity index is 990. The van der Waals surface area contributed by atoms with Crippen LogP contribution in [-0.2, 0) is 17.8 Å². The quantitative estimate of drug-likeness (QED) is 0.686. The fraction of sp³-hybridized carbons (Fsp3) is 0.222. The Hall–Kier alpha value is -2.80. The molecule has 2 aromatic heterocycles. The first kappa shape index (κ1) is 17.0. The monoisotopic (exact) mass is 355 g/mol. The van der Waals surface area contributed by atoms with Gasteiger partial charge in [-0.1, -0.05) is 12.1 Å². The summed E-state index contributed by atoms with van der Waals surface area (Å²) < 4.78 is 1.33. The average Bonchev–Trinajstić information content (AvgIpc) is 3.06. The standard InChI is InChI=1S/C18H17N3O3S/c1-12(22)19-9-8-13-6-7-17(25-13)16(23)10-21-11-20-15-5-3-2-4-14(15)18(21)24/h2-7,11H,8-10H2,1H3,(H,19,22). The van der Waals surface area contributed by atoms with Gasteiger partial charge in [0.1, 0.15) is 0 Å². The molecule has 1 aromatic carbocycles. The molecule has 3 aromatic rings. The van der Waals surface area contributed by atoms with E-state index in [1.54, 1.807) is 24.3 Å². The van der Waals surface area contributed by atoms with Crippen LogP contribution in [-0.4, -0.2) is 27.8 Å². The zero-order valence-corrected chi connectivity index (χ0v) is 14.5. The number of hydrogen-bond acceptors (Lipinski definition) is 5. The van der Waals surface area contributed by atoms with Crippen molar-refractivity contribution in [2.45, 2.75) is 19.9 Å². The van der Waals surface area contributed by atoms with Crippen LogP contribution in [0.3, 0.4) is 0 Å². The Morgan fingerprint density at radius 3 is 2.80 bits per heavy atom. The lowest BCUT2D eigenvalue weighted by Crippen LogP contribution is -2.24. The number of carbonyl (C=O) groups excluding carboxylic acids is 2. The molecular formula is C18H17N3O3S. The molecule has 0 radical (unpaired) electrons. The van der Waals surface area contributed by atoms with Gasteiger partial charge in [-0.15, -0.1) is 11.3 Å². The predicted octanol–water partition coefficient (Wildman–Crippen LogP) is 2.02. The zero-order valence-electron chi connectivity index (χ0n) is 13.7. The number of para-hydroxylation sites is 1. The molecule has 0 fully saturated rings. The van der Waals surface area contributed by atoms with Crippen molar-refractivity contribution in [1.29, 1.82) is 0 Å². The molecule has 128 valence electrons. The molecule has 3 rings (SSSR count). The number of amides is 1. The summed E-state index contributed by atoms with van der Waals surface area (Å²) in [7, 11) is 0. The van der Waals surface area contributed by atoms with Crippen LogP contribution in [0.1, 0.15) is 21.5 Å². The third-order valence-corrected chi connectivity index (χ3v) is 4.91. The molecule has 0 aliphatic rings. The van der Waals surface area contributed by atoms with E-state index in [2.05, 4.69) is 10.3 Å². The third kappa shape index (κ3) is 4.00. The molecule has 6 nitrogen and oxygen atoms in total. The maximum Gasteiger partial charge on any atom is 0.261 e. The van der Waals surface area contributed by atoms with Gasteiger partial charge < -0.3 is 5.32 Å². The minimum absolute atomic E-state index is 0.0394. The van der Waals surface area contributed by atoms with Crippen LogP contribution in [0.5, 0.6) is 0 Å². The fourth-order valence-corrected chi connectivity index (χ4v) is 3.41. The van der Waals surface area contributed by atoms with E-state index < -0.39 is 0 Å². The van der Waals surface area contributed by atoms with E-state index in [0.29, 0.717) is 28.7 Å². The van der Waals surface area contributed by atoms with E-state index in [1.165, 1.54) is 29.2 Å².